The Hall–Kier alpha value is -2.67. The van der Waals surface area contributed by atoms with E-state index in [-0.39, 0.29) is 30.1 Å². The summed E-state index contributed by atoms with van der Waals surface area (Å²) in [6.45, 7) is 8.95. The first-order chi connectivity index (χ1) is 13.9. The van der Waals surface area contributed by atoms with Gasteiger partial charge >= 0.3 is 6.01 Å². The third kappa shape index (κ3) is 3.92. The number of aryl methyl sites for hydroxylation is 1. The van der Waals surface area contributed by atoms with Gasteiger partial charge in [0.05, 0.1) is 18.9 Å². The zero-order chi connectivity index (χ0) is 20.5. The van der Waals surface area contributed by atoms with Crippen molar-refractivity contribution in [3.63, 3.8) is 0 Å². The molecule has 3 heterocycles. The average molecular weight is 397 g/mol. The van der Waals surface area contributed by atoms with Crippen molar-refractivity contribution in [2.24, 2.45) is 5.92 Å². The second-order valence-corrected chi connectivity index (χ2v) is 7.83. The molecule has 1 aromatic heterocycles. The smallest absolute Gasteiger partial charge is 0.317 e. The molecule has 0 bridgehead atoms. The molecule has 1 fully saturated rings. The summed E-state index contributed by atoms with van der Waals surface area (Å²) < 4.78 is 17.8. The Kier molecular flexibility index (Phi) is 5.41. The third-order valence-electron chi connectivity index (χ3n) is 5.75. The molecule has 29 heavy (non-hydrogen) atoms. The highest BCUT2D eigenvalue weighted by Gasteiger charge is 2.40. The van der Waals surface area contributed by atoms with Crippen LogP contribution < -0.4 is 14.4 Å². The Morgan fingerprint density at radius 1 is 1.24 bits per heavy atom. The monoisotopic (exact) mass is 397 g/mol. The van der Waals surface area contributed by atoms with Gasteiger partial charge in [-0.25, -0.2) is 9.97 Å². The van der Waals surface area contributed by atoms with Crippen molar-refractivity contribution >= 4 is 11.6 Å². The lowest BCUT2D eigenvalue weighted by Gasteiger charge is -2.43. The van der Waals surface area contributed by atoms with Gasteiger partial charge in [-0.1, -0.05) is 6.92 Å². The highest BCUT2D eigenvalue weighted by molar-refractivity contribution is 5.93. The lowest BCUT2D eigenvalue weighted by molar-refractivity contribution is -0.117. The number of ether oxygens (including phenoxy) is 3. The quantitative estimate of drug-likeness (QED) is 0.787. The van der Waals surface area contributed by atoms with Crippen LogP contribution in [0.15, 0.2) is 30.5 Å². The van der Waals surface area contributed by atoms with E-state index in [2.05, 4.69) is 16.9 Å². The maximum Gasteiger partial charge on any atom is 0.317 e. The summed E-state index contributed by atoms with van der Waals surface area (Å²) >= 11 is 0. The van der Waals surface area contributed by atoms with Crippen LogP contribution in [0.5, 0.6) is 11.8 Å². The second-order valence-electron chi connectivity index (χ2n) is 7.83. The van der Waals surface area contributed by atoms with Crippen molar-refractivity contribution in [3.05, 3.63) is 41.7 Å². The average Bonchev–Trinajstić information content (AvgIpc) is 3.19. The second kappa shape index (κ2) is 7.99. The zero-order valence-electron chi connectivity index (χ0n) is 17.3. The third-order valence-corrected chi connectivity index (χ3v) is 5.75. The number of fused-ring (bicyclic) bond motifs is 1. The molecule has 0 N–H and O–H groups in total. The lowest BCUT2D eigenvalue weighted by atomic mass is 9.84. The number of carbonyl (C=O) groups is 1. The van der Waals surface area contributed by atoms with Crippen molar-refractivity contribution in [2.75, 3.05) is 18.1 Å². The number of hydrogen-bond acceptors (Lipinski definition) is 6. The van der Waals surface area contributed by atoms with Crippen molar-refractivity contribution in [2.45, 2.75) is 52.4 Å². The molecule has 4 atom stereocenters. The molecule has 4 unspecified atom stereocenters. The minimum atomic E-state index is -0.291. The highest BCUT2D eigenvalue weighted by atomic mass is 16.5. The van der Waals surface area contributed by atoms with Crippen molar-refractivity contribution < 1.29 is 19.0 Å². The fraction of sp³-hybridized carbons (Fsp3) is 0.500. The summed E-state index contributed by atoms with van der Waals surface area (Å²) in [5, 5.41) is 0. The molecule has 1 aromatic carbocycles. The van der Waals surface area contributed by atoms with Crippen LogP contribution in [-0.2, 0) is 9.53 Å². The Balaban J connectivity index is 1.72. The molecular weight excluding hydrogens is 370 g/mol. The Bertz CT molecular complexity index is 897. The molecule has 2 aliphatic rings. The Morgan fingerprint density at radius 3 is 2.76 bits per heavy atom. The molecule has 154 valence electrons. The molecule has 0 aliphatic carbocycles. The molecule has 7 nitrogen and oxygen atoms in total. The van der Waals surface area contributed by atoms with Gasteiger partial charge in [0.25, 0.3) is 0 Å². The Morgan fingerprint density at radius 2 is 2.07 bits per heavy atom. The van der Waals surface area contributed by atoms with Gasteiger partial charge in [-0.05, 0) is 38.1 Å². The standard InChI is InChI=1S/C22H27N3O4/c1-13-7-9-23-22(24-13)29-21-14(2)15(3)25(16(4)26)20-6-5-17(11-19(20)21)28-18-8-10-27-12-18/h5-7,9,11,14-15,18,21H,8,10,12H2,1-4H3. The van der Waals surface area contributed by atoms with Crippen LogP contribution in [0.2, 0.25) is 0 Å². The molecule has 0 radical (unpaired) electrons. The number of nitrogens with zero attached hydrogens (tertiary/aromatic N) is 3. The topological polar surface area (TPSA) is 73.8 Å². The van der Waals surface area contributed by atoms with E-state index in [1.807, 2.05) is 43.0 Å². The van der Waals surface area contributed by atoms with Crippen LogP contribution in [0.1, 0.15) is 44.6 Å². The zero-order valence-corrected chi connectivity index (χ0v) is 17.3. The molecular formula is C22H27N3O4. The summed E-state index contributed by atoms with van der Waals surface area (Å²) in [7, 11) is 0. The van der Waals surface area contributed by atoms with Crippen LogP contribution in [-0.4, -0.2) is 41.2 Å². The van der Waals surface area contributed by atoms with E-state index in [0.29, 0.717) is 12.6 Å². The number of benzene rings is 1. The van der Waals surface area contributed by atoms with Gasteiger partial charge < -0.3 is 19.1 Å². The van der Waals surface area contributed by atoms with Crippen LogP contribution in [0.25, 0.3) is 0 Å². The first-order valence-electron chi connectivity index (χ1n) is 10.1. The predicted octanol–water partition coefficient (Wildman–Crippen LogP) is 3.46. The number of aromatic nitrogens is 2. The maximum absolute atomic E-state index is 12.4. The van der Waals surface area contributed by atoms with E-state index in [0.717, 1.165) is 35.7 Å². The summed E-state index contributed by atoms with van der Waals surface area (Å²) in [5.41, 5.74) is 2.60. The fourth-order valence-corrected chi connectivity index (χ4v) is 4.07. The lowest BCUT2D eigenvalue weighted by Crippen LogP contribution is -2.48. The summed E-state index contributed by atoms with van der Waals surface area (Å²) in [5.74, 6) is 0.803. The van der Waals surface area contributed by atoms with Crippen molar-refractivity contribution in [1.82, 2.24) is 9.97 Å². The van der Waals surface area contributed by atoms with Gasteiger partial charge in [-0.2, -0.15) is 0 Å². The first kappa shape index (κ1) is 19.6. The normalized spacial score (nSPS) is 26.1. The van der Waals surface area contributed by atoms with Gasteiger partial charge in [-0.15, -0.1) is 0 Å². The molecule has 4 rings (SSSR count). The molecule has 0 saturated carbocycles. The van der Waals surface area contributed by atoms with E-state index in [9.17, 15) is 4.79 Å². The molecule has 7 heteroatoms. The molecule has 2 aliphatic heterocycles. The highest BCUT2D eigenvalue weighted by Crippen LogP contribution is 2.44. The van der Waals surface area contributed by atoms with Crippen molar-refractivity contribution in [1.29, 1.82) is 0 Å². The minimum absolute atomic E-state index is 0.00807. The molecule has 1 amide bonds. The molecule has 0 spiro atoms. The number of amides is 1. The number of carbonyl (C=O) groups excluding carboxylic acids is 1. The maximum atomic E-state index is 12.4. The predicted molar refractivity (Wildman–Crippen MR) is 108 cm³/mol. The summed E-state index contributed by atoms with van der Waals surface area (Å²) in [6, 6.07) is 7.98. The number of anilines is 1. The largest absolute Gasteiger partial charge is 0.488 e. The van der Waals surface area contributed by atoms with Crippen LogP contribution in [0.3, 0.4) is 0 Å². The first-order valence-corrected chi connectivity index (χ1v) is 10.1. The van der Waals surface area contributed by atoms with Crippen molar-refractivity contribution in [3.8, 4) is 11.8 Å². The van der Waals surface area contributed by atoms with Gasteiger partial charge in [0.15, 0.2) is 0 Å². The fourth-order valence-electron chi connectivity index (χ4n) is 4.07. The van der Waals surface area contributed by atoms with Gasteiger partial charge in [0, 0.05) is 42.8 Å². The number of rotatable bonds is 4. The van der Waals surface area contributed by atoms with Gasteiger partial charge in [0.2, 0.25) is 5.91 Å². The SMILES string of the molecule is CC(=O)N1c2ccc(OC3CCOC3)cc2C(Oc2nccc(C)n2)C(C)C1C. The number of hydrogen-bond donors (Lipinski definition) is 0. The van der Waals surface area contributed by atoms with Crippen LogP contribution in [0.4, 0.5) is 5.69 Å². The minimum Gasteiger partial charge on any atom is -0.488 e. The van der Waals surface area contributed by atoms with E-state index in [4.69, 9.17) is 14.2 Å². The van der Waals surface area contributed by atoms with Crippen LogP contribution >= 0.6 is 0 Å². The van der Waals surface area contributed by atoms with E-state index < -0.39 is 0 Å². The van der Waals surface area contributed by atoms with Crippen LogP contribution in [0, 0.1) is 12.8 Å². The Labute approximate surface area is 171 Å². The van der Waals surface area contributed by atoms with Gasteiger partial charge in [-0.3, -0.25) is 4.79 Å². The summed E-state index contributed by atoms with van der Waals surface area (Å²) in [6.07, 6.45) is 2.33. The summed E-state index contributed by atoms with van der Waals surface area (Å²) in [4.78, 5) is 22.9. The van der Waals surface area contributed by atoms with E-state index in [1.165, 1.54) is 0 Å². The molecule has 2 aromatic rings. The van der Waals surface area contributed by atoms with E-state index >= 15 is 0 Å². The molecule has 1 saturated heterocycles. The van der Waals surface area contributed by atoms with Gasteiger partial charge in [0.1, 0.15) is 18.0 Å². The van der Waals surface area contributed by atoms with E-state index in [1.54, 1.807) is 13.1 Å².